The van der Waals surface area contributed by atoms with Crippen LogP contribution in [0.15, 0.2) is 29.2 Å². The van der Waals surface area contributed by atoms with E-state index in [1.807, 2.05) is 0 Å². The summed E-state index contributed by atoms with van der Waals surface area (Å²) in [6.45, 7) is 3.20. The molecular weight excluding hydrogens is 406 g/mol. The molecule has 9 heteroatoms. The van der Waals surface area contributed by atoms with Gasteiger partial charge in [0.15, 0.2) is 0 Å². The Morgan fingerprint density at radius 2 is 1.57 bits per heavy atom. The number of nitro benzene ring substituents is 1. The second-order valence-corrected chi connectivity index (χ2v) is 11.7. The van der Waals surface area contributed by atoms with Crippen molar-refractivity contribution in [1.29, 1.82) is 0 Å². The zero-order valence-corrected chi connectivity index (χ0v) is 18.4. The van der Waals surface area contributed by atoms with Crippen LogP contribution in [0.2, 0.25) is 0 Å². The number of nitrogens with zero attached hydrogens (tertiary/aromatic N) is 2. The van der Waals surface area contributed by atoms with E-state index in [1.165, 1.54) is 25.6 Å². The summed E-state index contributed by atoms with van der Waals surface area (Å²) < 4.78 is 27.2. The number of hydrogen-bond acceptors (Lipinski definition) is 5. The summed E-state index contributed by atoms with van der Waals surface area (Å²) in [6.07, 6.45) is 5.98. The Hall–Kier alpha value is -2.00. The molecule has 0 aliphatic heterocycles. The van der Waals surface area contributed by atoms with E-state index in [1.54, 1.807) is 13.8 Å². The molecule has 1 aromatic carbocycles. The van der Waals surface area contributed by atoms with Gasteiger partial charge in [0.25, 0.3) is 5.69 Å². The molecule has 1 amide bonds. The lowest BCUT2D eigenvalue weighted by Crippen LogP contribution is -2.62. The zero-order valence-electron chi connectivity index (χ0n) is 17.6. The van der Waals surface area contributed by atoms with Gasteiger partial charge in [0, 0.05) is 25.2 Å². The molecule has 0 aromatic heterocycles. The van der Waals surface area contributed by atoms with Gasteiger partial charge in [0.2, 0.25) is 15.9 Å². The molecular formula is C21H29N3O5S. The van der Waals surface area contributed by atoms with Gasteiger partial charge in [-0.2, -0.15) is 4.31 Å². The number of rotatable bonds is 6. The normalized spacial score (nSPS) is 30.5. The average molecular weight is 436 g/mol. The van der Waals surface area contributed by atoms with E-state index in [9.17, 15) is 23.3 Å². The third-order valence-electron chi connectivity index (χ3n) is 7.57. The summed E-state index contributed by atoms with van der Waals surface area (Å²) in [4.78, 5) is 23.4. The highest BCUT2D eigenvalue weighted by Crippen LogP contribution is 2.53. The molecule has 4 saturated carbocycles. The van der Waals surface area contributed by atoms with E-state index in [-0.39, 0.29) is 22.5 Å². The van der Waals surface area contributed by atoms with Crippen LogP contribution in [0.4, 0.5) is 5.69 Å². The lowest BCUT2D eigenvalue weighted by molar-refractivity contribution is -0.384. The van der Waals surface area contributed by atoms with Crippen LogP contribution in [0.1, 0.15) is 46.0 Å². The smallest absolute Gasteiger partial charge is 0.269 e. The minimum absolute atomic E-state index is 0.0777. The SMILES string of the molecule is CN(C(C)(C)C(=O)NC1C2CC3CC(C2)CC1C3)S(=O)(=O)c1ccc([N+](=O)[O-])cc1. The van der Waals surface area contributed by atoms with Gasteiger partial charge in [-0.3, -0.25) is 14.9 Å². The summed E-state index contributed by atoms with van der Waals surface area (Å²) in [5.74, 6) is 2.28. The van der Waals surface area contributed by atoms with Crippen molar-refractivity contribution >= 4 is 21.6 Å². The number of carbonyl (C=O) groups excluding carboxylic acids is 1. The molecule has 4 aliphatic rings. The first-order valence-corrected chi connectivity index (χ1v) is 12.0. The fourth-order valence-electron chi connectivity index (χ4n) is 5.83. The largest absolute Gasteiger partial charge is 0.351 e. The zero-order chi connectivity index (χ0) is 21.8. The molecule has 4 bridgehead atoms. The topological polar surface area (TPSA) is 110 Å². The number of carbonyl (C=O) groups is 1. The van der Waals surface area contributed by atoms with Crippen LogP contribution in [0.5, 0.6) is 0 Å². The van der Waals surface area contributed by atoms with Gasteiger partial charge in [0.1, 0.15) is 5.54 Å². The van der Waals surface area contributed by atoms with Crippen molar-refractivity contribution in [2.24, 2.45) is 23.7 Å². The monoisotopic (exact) mass is 435 g/mol. The minimum atomic E-state index is -4.00. The second kappa shape index (κ2) is 7.30. The third kappa shape index (κ3) is 3.51. The molecule has 0 atom stereocenters. The standard InChI is InChI=1S/C21H29N3O5S/c1-21(2,23(3)30(28,29)18-6-4-17(5-7-18)24(26)27)20(25)22-19-15-9-13-8-14(11-15)12-16(19)10-13/h4-7,13-16,19H,8-12H2,1-3H3,(H,22,25). The summed E-state index contributed by atoms with van der Waals surface area (Å²) in [5, 5.41) is 14.0. The molecule has 0 unspecified atom stereocenters. The van der Waals surface area contributed by atoms with Crippen molar-refractivity contribution in [1.82, 2.24) is 9.62 Å². The van der Waals surface area contributed by atoms with Gasteiger partial charge in [-0.25, -0.2) is 8.42 Å². The summed E-state index contributed by atoms with van der Waals surface area (Å²) >= 11 is 0. The molecule has 0 spiro atoms. The summed E-state index contributed by atoms with van der Waals surface area (Å²) in [5.41, 5.74) is -1.48. The highest BCUT2D eigenvalue weighted by molar-refractivity contribution is 7.89. The lowest BCUT2D eigenvalue weighted by Gasteiger charge is -2.54. The number of nitro groups is 1. The van der Waals surface area contributed by atoms with Crippen molar-refractivity contribution in [2.75, 3.05) is 7.05 Å². The molecule has 1 N–H and O–H groups in total. The maximum atomic E-state index is 13.2. The molecule has 0 radical (unpaired) electrons. The van der Waals surface area contributed by atoms with E-state index in [4.69, 9.17) is 0 Å². The van der Waals surface area contributed by atoms with Gasteiger partial charge >= 0.3 is 0 Å². The molecule has 0 saturated heterocycles. The highest BCUT2D eigenvalue weighted by Gasteiger charge is 2.50. The van der Waals surface area contributed by atoms with Crippen LogP contribution < -0.4 is 5.32 Å². The number of non-ortho nitro benzene ring substituents is 1. The maximum absolute atomic E-state index is 13.2. The quantitative estimate of drug-likeness (QED) is 0.546. The first-order chi connectivity index (χ1) is 14.0. The van der Waals surface area contributed by atoms with Crippen LogP contribution in [-0.4, -0.2) is 42.2 Å². The fourth-order valence-corrected chi connectivity index (χ4v) is 7.31. The van der Waals surface area contributed by atoms with E-state index >= 15 is 0 Å². The molecule has 164 valence electrons. The number of likely N-dealkylation sites (N-methyl/N-ethyl adjacent to an activating group) is 1. The molecule has 1 aromatic rings. The molecule has 4 fully saturated rings. The number of sulfonamides is 1. The number of hydrogen-bond donors (Lipinski definition) is 1. The first-order valence-electron chi connectivity index (χ1n) is 10.5. The van der Waals surface area contributed by atoms with Gasteiger partial charge in [0.05, 0.1) is 9.82 Å². The number of nitrogens with one attached hydrogen (secondary N) is 1. The molecule has 30 heavy (non-hydrogen) atoms. The molecule has 0 heterocycles. The van der Waals surface area contributed by atoms with Gasteiger partial charge in [-0.05, 0) is 81.8 Å². The van der Waals surface area contributed by atoms with Crippen molar-refractivity contribution in [3.8, 4) is 0 Å². The number of benzene rings is 1. The molecule has 5 rings (SSSR count). The maximum Gasteiger partial charge on any atom is 0.269 e. The Morgan fingerprint density at radius 3 is 2.03 bits per heavy atom. The Morgan fingerprint density at radius 1 is 1.07 bits per heavy atom. The fraction of sp³-hybridized carbons (Fsp3) is 0.667. The van der Waals surface area contributed by atoms with Crippen molar-refractivity contribution in [3.63, 3.8) is 0 Å². The Labute approximate surface area is 177 Å². The Balaban J connectivity index is 1.50. The third-order valence-corrected chi connectivity index (χ3v) is 9.62. The summed E-state index contributed by atoms with van der Waals surface area (Å²) in [6, 6.07) is 4.84. The van der Waals surface area contributed by atoms with Gasteiger partial charge < -0.3 is 5.32 Å². The molecule has 8 nitrogen and oxygen atoms in total. The van der Waals surface area contributed by atoms with Gasteiger partial charge in [-0.1, -0.05) is 0 Å². The van der Waals surface area contributed by atoms with Crippen LogP contribution in [0, 0.1) is 33.8 Å². The predicted molar refractivity (Wildman–Crippen MR) is 111 cm³/mol. The van der Waals surface area contributed by atoms with Crippen molar-refractivity contribution < 1.29 is 18.1 Å². The van der Waals surface area contributed by atoms with E-state index < -0.39 is 20.5 Å². The first kappa shape index (κ1) is 21.2. The van der Waals surface area contributed by atoms with Gasteiger partial charge in [-0.15, -0.1) is 0 Å². The lowest BCUT2D eigenvalue weighted by atomic mass is 9.54. The van der Waals surface area contributed by atoms with E-state index in [0.29, 0.717) is 11.8 Å². The minimum Gasteiger partial charge on any atom is -0.351 e. The highest BCUT2D eigenvalue weighted by atomic mass is 32.2. The van der Waals surface area contributed by atoms with E-state index in [2.05, 4.69) is 5.32 Å². The number of amides is 1. The van der Waals surface area contributed by atoms with Crippen LogP contribution in [-0.2, 0) is 14.8 Å². The average Bonchev–Trinajstić information content (AvgIpc) is 2.69. The second-order valence-electron chi connectivity index (χ2n) is 9.71. The molecule has 4 aliphatic carbocycles. The van der Waals surface area contributed by atoms with Crippen molar-refractivity contribution in [2.45, 2.75) is 62.4 Å². The predicted octanol–water partition coefficient (Wildman–Crippen LogP) is 2.93. The van der Waals surface area contributed by atoms with Crippen molar-refractivity contribution in [3.05, 3.63) is 34.4 Å². The Kier molecular flexibility index (Phi) is 5.17. The van der Waals surface area contributed by atoms with Crippen LogP contribution in [0.3, 0.4) is 0 Å². The van der Waals surface area contributed by atoms with E-state index in [0.717, 1.165) is 54.0 Å². The van der Waals surface area contributed by atoms with Crippen LogP contribution in [0.25, 0.3) is 0 Å². The van der Waals surface area contributed by atoms with Crippen LogP contribution >= 0.6 is 0 Å². The Bertz CT molecular complexity index is 929. The summed E-state index contributed by atoms with van der Waals surface area (Å²) in [7, 11) is -2.61.